The Hall–Kier alpha value is -1.77. The molecular formula is C13H16O3. The maximum Gasteiger partial charge on any atom is 0.327 e. The number of aliphatic carboxylic acids is 1. The van der Waals surface area contributed by atoms with E-state index in [9.17, 15) is 4.79 Å². The van der Waals surface area contributed by atoms with Crippen LogP contribution in [-0.2, 0) is 11.2 Å². The number of hydrogen-bond donors (Lipinski definition) is 1. The van der Waals surface area contributed by atoms with E-state index in [1.165, 1.54) is 6.08 Å². The van der Waals surface area contributed by atoms with Crippen LogP contribution in [0, 0.1) is 13.8 Å². The Morgan fingerprint density at radius 1 is 1.38 bits per heavy atom. The molecule has 1 rings (SSSR count). The Labute approximate surface area is 95.4 Å². The molecule has 0 bridgehead atoms. The van der Waals surface area contributed by atoms with Crippen LogP contribution in [0.4, 0.5) is 0 Å². The maximum absolute atomic E-state index is 10.3. The number of ether oxygens (including phenoxy) is 1. The minimum Gasteiger partial charge on any atom is -0.496 e. The first kappa shape index (κ1) is 12.3. The summed E-state index contributed by atoms with van der Waals surface area (Å²) in [6.45, 7) is 4.01. The predicted octanol–water partition coefficient (Wildman–Crippen LogP) is 2.50. The molecule has 0 atom stereocenters. The molecule has 0 radical (unpaired) electrons. The molecule has 0 aliphatic carbocycles. The van der Waals surface area contributed by atoms with Crippen LogP contribution in [-0.4, -0.2) is 18.2 Å². The molecule has 0 aromatic heterocycles. The quantitative estimate of drug-likeness (QED) is 0.793. The van der Waals surface area contributed by atoms with Crippen molar-refractivity contribution in [1.82, 2.24) is 0 Å². The van der Waals surface area contributed by atoms with Gasteiger partial charge >= 0.3 is 5.97 Å². The van der Waals surface area contributed by atoms with Gasteiger partial charge in [0.1, 0.15) is 5.75 Å². The standard InChI is InChI=1S/C13H16O3/c1-9-10(2)12(16-3)8-7-11(9)5-4-6-13(14)15/h4,6-8H,5H2,1-3H3,(H,14,15)/b6-4+. The van der Waals surface area contributed by atoms with Crippen LogP contribution < -0.4 is 4.74 Å². The molecule has 3 heteroatoms. The summed E-state index contributed by atoms with van der Waals surface area (Å²) in [6.07, 6.45) is 3.44. The number of hydrogen-bond acceptors (Lipinski definition) is 2. The highest BCUT2D eigenvalue weighted by Gasteiger charge is 2.05. The molecule has 0 aliphatic rings. The molecule has 86 valence electrons. The molecule has 0 aliphatic heterocycles. The fraction of sp³-hybridized carbons (Fsp3) is 0.308. The third-order valence-corrected chi connectivity index (χ3v) is 2.67. The maximum atomic E-state index is 10.3. The molecule has 3 nitrogen and oxygen atoms in total. The summed E-state index contributed by atoms with van der Waals surface area (Å²) in [5.41, 5.74) is 3.37. The van der Waals surface area contributed by atoms with Gasteiger partial charge in [0.05, 0.1) is 7.11 Å². The van der Waals surface area contributed by atoms with Gasteiger partial charge in [0, 0.05) is 6.08 Å². The number of benzene rings is 1. The fourth-order valence-corrected chi connectivity index (χ4v) is 1.58. The molecule has 0 saturated carbocycles. The Morgan fingerprint density at radius 2 is 2.06 bits per heavy atom. The summed E-state index contributed by atoms with van der Waals surface area (Å²) in [5.74, 6) is -0.0497. The second-order valence-electron chi connectivity index (χ2n) is 3.62. The lowest BCUT2D eigenvalue weighted by Crippen LogP contribution is -1.95. The summed E-state index contributed by atoms with van der Waals surface area (Å²) in [6, 6.07) is 3.87. The summed E-state index contributed by atoms with van der Waals surface area (Å²) in [4.78, 5) is 10.3. The van der Waals surface area contributed by atoms with Crippen LogP contribution in [0.2, 0.25) is 0 Å². The predicted molar refractivity (Wildman–Crippen MR) is 62.9 cm³/mol. The van der Waals surface area contributed by atoms with E-state index >= 15 is 0 Å². The summed E-state index contributed by atoms with van der Waals surface area (Å²) < 4.78 is 5.21. The highest BCUT2D eigenvalue weighted by molar-refractivity contribution is 5.79. The van der Waals surface area contributed by atoms with Gasteiger partial charge in [0.25, 0.3) is 0 Å². The fourth-order valence-electron chi connectivity index (χ4n) is 1.58. The molecule has 0 spiro atoms. The van der Waals surface area contributed by atoms with E-state index in [2.05, 4.69) is 0 Å². The smallest absolute Gasteiger partial charge is 0.327 e. The van der Waals surface area contributed by atoms with Gasteiger partial charge in [-0.15, -0.1) is 0 Å². The van der Waals surface area contributed by atoms with Gasteiger partial charge in [-0.3, -0.25) is 0 Å². The van der Waals surface area contributed by atoms with Gasteiger partial charge in [0.2, 0.25) is 0 Å². The Balaban J connectivity index is 2.90. The molecule has 16 heavy (non-hydrogen) atoms. The van der Waals surface area contributed by atoms with Gasteiger partial charge in [-0.1, -0.05) is 12.1 Å². The van der Waals surface area contributed by atoms with Gasteiger partial charge < -0.3 is 9.84 Å². The first-order chi connectivity index (χ1) is 7.56. The topological polar surface area (TPSA) is 46.5 Å². The lowest BCUT2D eigenvalue weighted by atomic mass is 10.00. The summed E-state index contributed by atoms with van der Waals surface area (Å²) >= 11 is 0. The van der Waals surface area contributed by atoms with E-state index in [0.717, 1.165) is 22.4 Å². The summed E-state index contributed by atoms with van der Waals surface area (Å²) in [7, 11) is 1.64. The second kappa shape index (κ2) is 5.35. The second-order valence-corrected chi connectivity index (χ2v) is 3.62. The van der Waals surface area contributed by atoms with Crippen LogP contribution >= 0.6 is 0 Å². The highest BCUT2D eigenvalue weighted by Crippen LogP contribution is 2.24. The van der Waals surface area contributed by atoms with Crippen LogP contribution in [0.25, 0.3) is 0 Å². The largest absolute Gasteiger partial charge is 0.496 e. The van der Waals surface area contributed by atoms with Crippen LogP contribution in [0.3, 0.4) is 0 Å². The van der Waals surface area contributed by atoms with Crippen molar-refractivity contribution >= 4 is 5.97 Å². The summed E-state index contributed by atoms with van der Waals surface area (Å²) in [5, 5.41) is 8.49. The van der Waals surface area contributed by atoms with Crippen molar-refractivity contribution in [3.8, 4) is 5.75 Å². The van der Waals surface area contributed by atoms with Gasteiger partial charge in [0.15, 0.2) is 0 Å². The first-order valence-electron chi connectivity index (χ1n) is 5.08. The monoisotopic (exact) mass is 220 g/mol. The lowest BCUT2D eigenvalue weighted by Gasteiger charge is -2.11. The minimum atomic E-state index is -0.914. The molecule has 1 aromatic carbocycles. The van der Waals surface area contributed by atoms with Crippen molar-refractivity contribution in [1.29, 1.82) is 0 Å². The molecule has 0 saturated heterocycles. The number of allylic oxidation sites excluding steroid dienone is 1. The third kappa shape index (κ3) is 2.86. The molecule has 0 fully saturated rings. The Morgan fingerprint density at radius 3 is 2.62 bits per heavy atom. The van der Waals surface area contributed by atoms with Crippen LogP contribution in [0.5, 0.6) is 5.75 Å². The van der Waals surface area contributed by atoms with Crippen molar-refractivity contribution in [3.63, 3.8) is 0 Å². The molecular weight excluding hydrogens is 204 g/mol. The van der Waals surface area contributed by atoms with Gasteiger partial charge in [-0.2, -0.15) is 0 Å². The Bertz CT molecular complexity index is 419. The minimum absolute atomic E-state index is 0.628. The van der Waals surface area contributed by atoms with Gasteiger partial charge in [-0.05, 0) is 43.0 Å². The van der Waals surface area contributed by atoms with Crippen LogP contribution in [0.15, 0.2) is 24.3 Å². The molecule has 0 amide bonds. The number of carboxylic acids is 1. The Kier molecular flexibility index (Phi) is 4.11. The molecule has 1 aromatic rings. The van der Waals surface area contributed by atoms with E-state index < -0.39 is 5.97 Å². The highest BCUT2D eigenvalue weighted by atomic mass is 16.5. The normalized spacial score (nSPS) is 10.7. The number of carbonyl (C=O) groups is 1. The first-order valence-corrected chi connectivity index (χ1v) is 5.08. The molecule has 1 N–H and O–H groups in total. The zero-order valence-electron chi connectivity index (χ0n) is 9.78. The van der Waals surface area contributed by atoms with Gasteiger partial charge in [-0.25, -0.2) is 4.79 Å². The van der Waals surface area contributed by atoms with Crippen molar-refractivity contribution in [2.75, 3.05) is 7.11 Å². The number of rotatable bonds is 4. The van der Waals surface area contributed by atoms with Crippen molar-refractivity contribution in [2.45, 2.75) is 20.3 Å². The van der Waals surface area contributed by atoms with E-state index in [4.69, 9.17) is 9.84 Å². The zero-order valence-corrected chi connectivity index (χ0v) is 9.78. The van der Waals surface area contributed by atoms with Crippen LogP contribution in [0.1, 0.15) is 16.7 Å². The average molecular weight is 220 g/mol. The number of carboxylic acid groups (broad SMARTS) is 1. The molecule has 0 unspecified atom stereocenters. The zero-order chi connectivity index (χ0) is 12.1. The SMILES string of the molecule is COc1ccc(C/C=C/C(=O)O)c(C)c1C. The van der Waals surface area contributed by atoms with E-state index in [1.807, 2.05) is 26.0 Å². The van der Waals surface area contributed by atoms with Crippen molar-refractivity contribution < 1.29 is 14.6 Å². The van der Waals surface area contributed by atoms with E-state index in [1.54, 1.807) is 13.2 Å². The lowest BCUT2D eigenvalue weighted by molar-refractivity contribution is -0.131. The van der Waals surface area contributed by atoms with Crippen molar-refractivity contribution in [3.05, 3.63) is 41.0 Å². The average Bonchev–Trinajstić information content (AvgIpc) is 2.24. The van der Waals surface area contributed by atoms with Crippen molar-refractivity contribution in [2.24, 2.45) is 0 Å². The third-order valence-electron chi connectivity index (χ3n) is 2.67. The van der Waals surface area contributed by atoms with E-state index in [0.29, 0.717) is 6.42 Å². The van der Waals surface area contributed by atoms with E-state index in [-0.39, 0.29) is 0 Å². The number of methoxy groups -OCH3 is 1. The molecule has 0 heterocycles.